The van der Waals surface area contributed by atoms with E-state index in [1.165, 1.54) is 0 Å². The maximum Gasteiger partial charge on any atom is 0.231 e. The number of aromatic nitrogens is 3. The van der Waals surface area contributed by atoms with E-state index in [0.717, 1.165) is 37.2 Å². The van der Waals surface area contributed by atoms with Crippen LogP contribution in [0.15, 0.2) is 18.2 Å². The summed E-state index contributed by atoms with van der Waals surface area (Å²) in [5.74, 6) is 2.80. The molecule has 0 fully saturated rings. The number of fused-ring (bicyclic) bond motifs is 1. The van der Waals surface area contributed by atoms with Crippen LogP contribution in [0.1, 0.15) is 30.7 Å². The fraction of sp³-hybridized carbons (Fsp3) is 0.471. The van der Waals surface area contributed by atoms with Crippen LogP contribution in [-0.4, -0.2) is 34.9 Å². The van der Waals surface area contributed by atoms with E-state index >= 15 is 0 Å². The van der Waals surface area contributed by atoms with Crippen LogP contribution in [0.4, 0.5) is 5.95 Å². The minimum atomic E-state index is -0.0643. The number of hydrogen-bond donors (Lipinski definition) is 1. The molecule has 0 atom stereocenters. The quantitative estimate of drug-likeness (QED) is 0.878. The summed E-state index contributed by atoms with van der Waals surface area (Å²) in [4.78, 5) is 12.2. The van der Waals surface area contributed by atoms with Crippen molar-refractivity contribution in [2.75, 3.05) is 19.5 Å². The molecule has 1 aromatic carbocycles. The number of ether oxygens (including phenoxy) is 2. The largest absolute Gasteiger partial charge is 0.493 e. The van der Waals surface area contributed by atoms with Crippen molar-refractivity contribution >= 4 is 11.9 Å². The first-order valence-electron chi connectivity index (χ1n) is 8.14. The first-order chi connectivity index (χ1) is 11.7. The average molecular weight is 330 g/mol. The molecule has 24 heavy (non-hydrogen) atoms. The van der Waals surface area contributed by atoms with Crippen LogP contribution in [0.2, 0.25) is 0 Å². The molecule has 2 heterocycles. The Morgan fingerprint density at radius 2 is 2.04 bits per heavy atom. The number of nitrogens with one attached hydrogen (secondary N) is 1. The lowest BCUT2D eigenvalue weighted by Crippen LogP contribution is -2.19. The van der Waals surface area contributed by atoms with E-state index in [1.54, 1.807) is 14.2 Å². The SMILES string of the molecule is COc1ccc(CCC(=O)Nc2nnc3n2CCCC3)cc1OC. The molecule has 1 N–H and O–H groups in total. The van der Waals surface area contributed by atoms with Gasteiger partial charge in [0.1, 0.15) is 5.82 Å². The number of rotatable bonds is 6. The number of hydrogen-bond acceptors (Lipinski definition) is 5. The molecule has 2 aromatic rings. The van der Waals surface area contributed by atoms with Gasteiger partial charge in [-0.1, -0.05) is 6.07 Å². The lowest BCUT2D eigenvalue weighted by atomic mass is 10.1. The third-order valence-corrected chi connectivity index (χ3v) is 4.20. The van der Waals surface area contributed by atoms with Crippen LogP contribution in [-0.2, 0) is 24.2 Å². The highest BCUT2D eigenvalue weighted by Gasteiger charge is 2.17. The standard InChI is InChI=1S/C17H22N4O3/c1-23-13-8-6-12(11-14(13)24-2)7-9-16(22)18-17-20-19-15-5-3-4-10-21(15)17/h6,8,11H,3-5,7,9-10H2,1-2H3,(H,18,20,22). The van der Waals surface area contributed by atoms with E-state index in [-0.39, 0.29) is 5.91 Å². The molecule has 1 aliphatic heterocycles. The summed E-state index contributed by atoms with van der Waals surface area (Å²) in [5, 5.41) is 11.1. The highest BCUT2D eigenvalue weighted by Crippen LogP contribution is 2.28. The van der Waals surface area contributed by atoms with Crippen LogP contribution in [0.25, 0.3) is 0 Å². The minimum Gasteiger partial charge on any atom is -0.493 e. The average Bonchev–Trinajstić information content (AvgIpc) is 3.02. The van der Waals surface area contributed by atoms with Crippen molar-refractivity contribution in [2.45, 2.75) is 38.6 Å². The Hall–Kier alpha value is -2.57. The van der Waals surface area contributed by atoms with Gasteiger partial charge in [-0.05, 0) is 37.0 Å². The molecule has 0 saturated carbocycles. The second-order valence-electron chi connectivity index (χ2n) is 5.79. The maximum absolute atomic E-state index is 12.2. The van der Waals surface area contributed by atoms with Crippen molar-refractivity contribution < 1.29 is 14.3 Å². The number of carbonyl (C=O) groups excluding carboxylic acids is 1. The van der Waals surface area contributed by atoms with Crippen molar-refractivity contribution in [1.29, 1.82) is 0 Å². The normalized spacial score (nSPS) is 13.2. The Balaban J connectivity index is 1.59. The molecule has 7 heteroatoms. The lowest BCUT2D eigenvalue weighted by molar-refractivity contribution is -0.116. The van der Waals surface area contributed by atoms with Gasteiger partial charge in [0.05, 0.1) is 14.2 Å². The van der Waals surface area contributed by atoms with Crippen molar-refractivity contribution in [3.8, 4) is 11.5 Å². The molecule has 1 aliphatic rings. The van der Waals surface area contributed by atoms with E-state index in [0.29, 0.717) is 30.3 Å². The molecule has 1 amide bonds. The molecule has 128 valence electrons. The predicted octanol–water partition coefficient (Wildman–Crippen LogP) is 2.20. The highest BCUT2D eigenvalue weighted by molar-refractivity contribution is 5.89. The predicted molar refractivity (Wildman–Crippen MR) is 89.5 cm³/mol. The van der Waals surface area contributed by atoms with Gasteiger partial charge in [-0.2, -0.15) is 0 Å². The molecule has 0 radical (unpaired) electrons. The Kier molecular flexibility index (Phi) is 4.98. The summed E-state index contributed by atoms with van der Waals surface area (Å²) in [6.07, 6.45) is 4.14. The van der Waals surface area contributed by atoms with Gasteiger partial charge in [-0.3, -0.25) is 14.7 Å². The van der Waals surface area contributed by atoms with Gasteiger partial charge < -0.3 is 9.47 Å². The Bertz CT molecular complexity index is 727. The van der Waals surface area contributed by atoms with Crippen molar-refractivity contribution in [3.05, 3.63) is 29.6 Å². The first-order valence-corrected chi connectivity index (χ1v) is 8.14. The molecular formula is C17H22N4O3. The summed E-state index contributed by atoms with van der Waals surface area (Å²) < 4.78 is 12.5. The van der Waals surface area contributed by atoms with Gasteiger partial charge in [0, 0.05) is 19.4 Å². The Morgan fingerprint density at radius 1 is 1.21 bits per heavy atom. The van der Waals surface area contributed by atoms with Crippen LogP contribution < -0.4 is 14.8 Å². The Morgan fingerprint density at radius 3 is 2.83 bits per heavy atom. The lowest BCUT2D eigenvalue weighted by Gasteiger charge is -2.14. The highest BCUT2D eigenvalue weighted by atomic mass is 16.5. The second-order valence-corrected chi connectivity index (χ2v) is 5.79. The Labute approximate surface area is 141 Å². The number of nitrogens with zero attached hydrogens (tertiary/aromatic N) is 3. The summed E-state index contributed by atoms with van der Waals surface area (Å²) in [6.45, 7) is 0.869. The monoisotopic (exact) mass is 330 g/mol. The smallest absolute Gasteiger partial charge is 0.231 e. The number of benzene rings is 1. The van der Waals surface area contributed by atoms with E-state index in [1.807, 2.05) is 22.8 Å². The van der Waals surface area contributed by atoms with Crippen LogP contribution >= 0.6 is 0 Å². The van der Waals surface area contributed by atoms with Gasteiger partial charge >= 0.3 is 0 Å². The third-order valence-electron chi connectivity index (χ3n) is 4.20. The van der Waals surface area contributed by atoms with Gasteiger partial charge in [0.15, 0.2) is 11.5 Å². The van der Waals surface area contributed by atoms with Crippen molar-refractivity contribution in [2.24, 2.45) is 0 Å². The molecule has 0 bridgehead atoms. The fourth-order valence-corrected chi connectivity index (χ4v) is 2.88. The minimum absolute atomic E-state index is 0.0643. The molecule has 0 aliphatic carbocycles. The van der Waals surface area contributed by atoms with Crippen LogP contribution in [0.5, 0.6) is 11.5 Å². The molecule has 0 spiro atoms. The van der Waals surface area contributed by atoms with E-state index in [2.05, 4.69) is 15.5 Å². The topological polar surface area (TPSA) is 78.3 Å². The zero-order chi connectivity index (χ0) is 16.9. The van der Waals surface area contributed by atoms with Gasteiger partial charge in [0.2, 0.25) is 11.9 Å². The van der Waals surface area contributed by atoms with E-state index in [9.17, 15) is 4.79 Å². The number of amides is 1. The van der Waals surface area contributed by atoms with Crippen molar-refractivity contribution in [3.63, 3.8) is 0 Å². The molecule has 3 rings (SSSR count). The third kappa shape index (κ3) is 3.50. The summed E-state index contributed by atoms with van der Waals surface area (Å²) >= 11 is 0. The summed E-state index contributed by atoms with van der Waals surface area (Å²) in [6, 6.07) is 5.68. The number of methoxy groups -OCH3 is 2. The van der Waals surface area contributed by atoms with Crippen LogP contribution in [0, 0.1) is 0 Å². The summed E-state index contributed by atoms with van der Waals surface area (Å²) in [7, 11) is 3.20. The van der Waals surface area contributed by atoms with Gasteiger partial charge in [0.25, 0.3) is 0 Å². The maximum atomic E-state index is 12.2. The van der Waals surface area contributed by atoms with E-state index in [4.69, 9.17) is 9.47 Å². The number of aryl methyl sites for hydroxylation is 2. The van der Waals surface area contributed by atoms with Crippen LogP contribution in [0.3, 0.4) is 0 Å². The zero-order valence-corrected chi connectivity index (χ0v) is 14.0. The number of anilines is 1. The molecule has 1 aromatic heterocycles. The van der Waals surface area contributed by atoms with Gasteiger partial charge in [-0.15, -0.1) is 10.2 Å². The second kappa shape index (κ2) is 7.33. The summed E-state index contributed by atoms with van der Waals surface area (Å²) in [5.41, 5.74) is 1.02. The zero-order valence-electron chi connectivity index (χ0n) is 14.0. The first kappa shape index (κ1) is 16.3. The fourth-order valence-electron chi connectivity index (χ4n) is 2.88. The molecule has 0 unspecified atom stereocenters. The number of carbonyl (C=O) groups is 1. The van der Waals surface area contributed by atoms with E-state index < -0.39 is 0 Å². The van der Waals surface area contributed by atoms with Gasteiger partial charge in [-0.25, -0.2) is 0 Å². The molecular weight excluding hydrogens is 308 g/mol. The van der Waals surface area contributed by atoms with Crippen molar-refractivity contribution in [1.82, 2.24) is 14.8 Å². The molecule has 7 nitrogen and oxygen atoms in total. The molecule has 0 saturated heterocycles.